The highest BCUT2D eigenvalue weighted by atomic mass is 16.5. The minimum Gasteiger partial charge on any atom is -0.464 e. The lowest BCUT2D eigenvalue weighted by atomic mass is 10.1. The van der Waals surface area contributed by atoms with Crippen LogP contribution in [0.2, 0.25) is 0 Å². The molecular formula is C11H21N5O2. The average Bonchev–Trinajstić information content (AvgIpc) is 2.37. The Morgan fingerprint density at radius 2 is 2.00 bits per heavy atom. The SMILES string of the molecule is CCOc1nc(NC)nc(N(C)C(C)(C)CO)n1. The standard InChI is InChI=1S/C11H21N5O2/c1-6-18-10-14-8(12-4)13-9(15-10)16(5)11(2,3)7-17/h17H,6-7H2,1-5H3,(H,12,13,14,15). The second-order valence-corrected chi connectivity index (χ2v) is 4.45. The normalized spacial score (nSPS) is 11.2. The zero-order chi connectivity index (χ0) is 13.8. The molecule has 0 aliphatic carbocycles. The van der Waals surface area contributed by atoms with Crippen LogP contribution in [0.5, 0.6) is 6.01 Å². The number of rotatable bonds is 6. The molecule has 0 saturated heterocycles. The van der Waals surface area contributed by atoms with Crippen LogP contribution in [0.25, 0.3) is 0 Å². The molecule has 0 fully saturated rings. The van der Waals surface area contributed by atoms with Gasteiger partial charge in [0, 0.05) is 14.1 Å². The Morgan fingerprint density at radius 1 is 1.33 bits per heavy atom. The van der Waals surface area contributed by atoms with Crippen LogP contribution in [0.1, 0.15) is 20.8 Å². The molecule has 0 bridgehead atoms. The first-order valence-corrected chi connectivity index (χ1v) is 5.86. The Morgan fingerprint density at radius 3 is 2.50 bits per heavy atom. The van der Waals surface area contributed by atoms with Crippen LogP contribution < -0.4 is 15.0 Å². The zero-order valence-corrected chi connectivity index (χ0v) is 11.6. The quantitative estimate of drug-likeness (QED) is 0.766. The predicted molar refractivity (Wildman–Crippen MR) is 70.1 cm³/mol. The van der Waals surface area contributed by atoms with E-state index in [-0.39, 0.29) is 12.6 Å². The van der Waals surface area contributed by atoms with Crippen molar-refractivity contribution in [1.29, 1.82) is 0 Å². The summed E-state index contributed by atoms with van der Waals surface area (Å²) >= 11 is 0. The predicted octanol–water partition coefficient (Wildman–Crippen LogP) is 0.519. The summed E-state index contributed by atoms with van der Waals surface area (Å²) < 4.78 is 5.29. The second kappa shape index (κ2) is 5.81. The van der Waals surface area contributed by atoms with Gasteiger partial charge in [0.25, 0.3) is 0 Å². The molecule has 0 aliphatic rings. The summed E-state index contributed by atoms with van der Waals surface area (Å²) in [6.45, 7) is 6.14. The van der Waals surface area contributed by atoms with Crippen molar-refractivity contribution in [2.45, 2.75) is 26.3 Å². The molecule has 0 saturated carbocycles. The molecule has 0 aliphatic heterocycles. The van der Waals surface area contributed by atoms with Crippen LogP contribution >= 0.6 is 0 Å². The molecule has 0 aromatic carbocycles. The van der Waals surface area contributed by atoms with Crippen LogP contribution in [0.15, 0.2) is 0 Å². The lowest BCUT2D eigenvalue weighted by Crippen LogP contribution is -2.45. The van der Waals surface area contributed by atoms with Crippen molar-refractivity contribution >= 4 is 11.9 Å². The van der Waals surface area contributed by atoms with Gasteiger partial charge in [0.2, 0.25) is 11.9 Å². The molecule has 1 aromatic rings. The maximum Gasteiger partial charge on any atom is 0.323 e. The van der Waals surface area contributed by atoms with Crippen molar-refractivity contribution in [3.05, 3.63) is 0 Å². The fourth-order valence-electron chi connectivity index (χ4n) is 1.18. The Balaban J connectivity index is 3.11. The molecule has 7 heteroatoms. The zero-order valence-electron chi connectivity index (χ0n) is 11.6. The Labute approximate surface area is 107 Å². The topological polar surface area (TPSA) is 83.4 Å². The molecule has 0 unspecified atom stereocenters. The maximum absolute atomic E-state index is 9.37. The van der Waals surface area contributed by atoms with E-state index in [9.17, 15) is 5.11 Å². The van der Waals surface area contributed by atoms with Gasteiger partial charge in [0.1, 0.15) is 0 Å². The summed E-state index contributed by atoms with van der Waals surface area (Å²) in [5.74, 6) is 0.890. The minimum atomic E-state index is -0.462. The molecule has 102 valence electrons. The summed E-state index contributed by atoms with van der Waals surface area (Å²) in [6, 6.07) is 0.271. The summed E-state index contributed by atoms with van der Waals surface area (Å²) in [5, 5.41) is 12.2. The number of hydrogen-bond acceptors (Lipinski definition) is 7. The van der Waals surface area contributed by atoms with Gasteiger partial charge in [-0.1, -0.05) is 0 Å². The van der Waals surface area contributed by atoms with Gasteiger partial charge in [-0.2, -0.15) is 15.0 Å². The van der Waals surface area contributed by atoms with E-state index >= 15 is 0 Å². The van der Waals surface area contributed by atoms with E-state index in [4.69, 9.17) is 4.74 Å². The maximum atomic E-state index is 9.37. The van der Waals surface area contributed by atoms with Crippen LogP contribution in [0.3, 0.4) is 0 Å². The van der Waals surface area contributed by atoms with Gasteiger partial charge in [-0.25, -0.2) is 0 Å². The van der Waals surface area contributed by atoms with Crippen molar-refractivity contribution in [3.8, 4) is 6.01 Å². The highest BCUT2D eigenvalue weighted by molar-refractivity contribution is 5.39. The Kier molecular flexibility index (Phi) is 4.66. The van der Waals surface area contributed by atoms with Crippen molar-refractivity contribution in [2.24, 2.45) is 0 Å². The molecule has 0 atom stereocenters. The van der Waals surface area contributed by atoms with Crippen molar-refractivity contribution in [3.63, 3.8) is 0 Å². The van der Waals surface area contributed by atoms with Gasteiger partial charge in [-0.3, -0.25) is 0 Å². The van der Waals surface area contributed by atoms with E-state index in [0.717, 1.165) is 0 Å². The summed E-state index contributed by atoms with van der Waals surface area (Å²) in [7, 11) is 3.55. The molecule has 1 aromatic heterocycles. The summed E-state index contributed by atoms with van der Waals surface area (Å²) in [4.78, 5) is 14.3. The molecule has 0 radical (unpaired) electrons. The van der Waals surface area contributed by atoms with Gasteiger partial charge < -0.3 is 20.1 Å². The average molecular weight is 255 g/mol. The molecule has 0 spiro atoms. The van der Waals surface area contributed by atoms with Gasteiger partial charge in [0.15, 0.2) is 0 Å². The van der Waals surface area contributed by atoms with Gasteiger partial charge >= 0.3 is 6.01 Å². The molecular weight excluding hydrogens is 234 g/mol. The van der Waals surface area contributed by atoms with E-state index in [1.54, 1.807) is 11.9 Å². The van der Waals surface area contributed by atoms with Crippen LogP contribution in [-0.4, -0.2) is 52.9 Å². The number of hydrogen-bond donors (Lipinski definition) is 2. The van der Waals surface area contributed by atoms with Gasteiger partial charge in [-0.15, -0.1) is 0 Å². The number of likely N-dealkylation sites (N-methyl/N-ethyl adjacent to an activating group) is 1. The fourth-order valence-corrected chi connectivity index (χ4v) is 1.18. The van der Waals surface area contributed by atoms with E-state index < -0.39 is 5.54 Å². The lowest BCUT2D eigenvalue weighted by molar-refractivity contribution is 0.214. The third-order valence-electron chi connectivity index (χ3n) is 2.70. The first-order chi connectivity index (χ1) is 8.44. The number of aromatic nitrogens is 3. The summed E-state index contributed by atoms with van der Waals surface area (Å²) in [5.41, 5.74) is -0.462. The first kappa shape index (κ1) is 14.4. The smallest absolute Gasteiger partial charge is 0.323 e. The van der Waals surface area contributed by atoms with Gasteiger partial charge in [0.05, 0.1) is 18.8 Å². The molecule has 1 heterocycles. The van der Waals surface area contributed by atoms with Gasteiger partial charge in [-0.05, 0) is 20.8 Å². The Hall–Kier alpha value is -1.63. The third kappa shape index (κ3) is 3.19. The molecule has 2 N–H and O–H groups in total. The highest BCUT2D eigenvalue weighted by Crippen LogP contribution is 2.20. The number of nitrogens with zero attached hydrogens (tertiary/aromatic N) is 4. The third-order valence-corrected chi connectivity index (χ3v) is 2.70. The highest BCUT2D eigenvalue weighted by Gasteiger charge is 2.25. The lowest BCUT2D eigenvalue weighted by Gasteiger charge is -2.33. The molecule has 18 heavy (non-hydrogen) atoms. The van der Waals surface area contributed by atoms with E-state index in [1.807, 2.05) is 27.8 Å². The largest absolute Gasteiger partial charge is 0.464 e. The number of aliphatic hydroxyl groups excluding tert-OH is 1. The number of ether oxygens (including phenoxy) is 1. The van der Waals surface area contributed by atoms with Crippen LogP contribution in [0.4, 0.5) is 11.9 Å². The van der Waals surface area contributed by atoms with E-state index in [2.05, 4.69) is 20.3 Å². The second-order valence-electron chi connectivity index (χ2n) is 4.45. The van der Waals surface area contributed by atoms with E-state index in [0.29, 0.717) is 18.5 Å². The monoisotopic (exact) mass is 255 g/mol. The molecule has 0 amide bonds. The fraction of sp³-hybridized carbons (Fsp3) is 0.727. The Bertz CT molecular complexity index is 397. The number of anilines is 2. The van der Waals surface area contributed by atoms with Crippen molar-refractivity contribution in [1.82, 2.24) is 15.0 Å². The van der Waals surface area contributed by atoms with Crippen molar-refractivity contribution < 1.29 is 9.84 Å². The molecule has 7 nitrogen and oxygen atoms in total. The van der Waals surface area contributed by atoms with Crippen LogP contribution in [-0.2, 0) is 0 Å². The minimum absolute atomic E-state index is 0.00591. The number of aliphatic hydroxyl groups is 1. The summed E-state index contributed by atoms with van der Waals surface area (Å²) in [6.07, 6.45) is 0. The number of nitrogens with one attached hydrogen (secondary N) is 1. The van der Waals surface area contributed by atoms with E-state index in [1.165, 1.54) is 0 Å². The molecule has 1 rings (SSSR count). The first-order valence-electron chi connectivity index (χ1n) is 5.86. The van der Waals surface area contributed by atoms with Crippen molar-refractivity contribution in [2.75, 3.05) is 37.5 Å². The van der Waals surface area contributed by atoms with Crippen LogP contribution in [0, 0.1) is 0 Å².